The minimum absolute atomic E-state index is 0.176. The molecule has 0 aliphatic heterocycles. The molecule has 134 valence electrons. The summed E-state index contributed by atoms with van der Waals surface area (Å²) in [6, 6.07) is 17.2. The van der Waals surface area contributed by atoms with Crippen LogP contribution in [-0.4, -0.2) is 23.5 Å². The van der Waals surface area contributed by atoms with Gasteiger partial charge in [0.2, 0.25) is 0 Å². The lowest BCUT2D eigenvalue weighted by Crippen LogP contribution is -2.51. The number of benzene rings is 2. The predicted octanol–water partition coefficient (Wildman–Crippen LogP) is 4.62. The Balaban J connectivity index is 1.83. The Bertz CT molecular complexity index is 672. The largest absolute Gasteiger partial charge is 0.398 e. The molecule has 25 heavy (non-hydrogen) atoms. The molecule has 1 N–H and O–H groups in total. The maximum Gasteiger partial charge on any atom is 0.398 e. The van der Waals surface area contributed by atoms with Gasteiger partial charge in [0, 0.05) is 0 Å². The number of hydrogen-bond acceptors (Lipinski definition) is 2. The Morgan fingerprint density at radius 3 is 2.16 bits per heavy atom. The molecule has 0 spiro atoms. The summed E-state index contributed by atoms with van der Waals surface area (Å²) in [5.41, 5.74) is -0.984. The average Bonchev–Trinajstić information content (AvgIpc) is 2.60. The normalized spacial score (nSPS) is 27.2. The third-order valence-electron chi connectivity index (χ3n) is 4.89. The molecule has 0 aromatic heterocycles. The molecule has 0 unspecified atom stereocenters. The van der Waals surface area contributed by atoms with Crippen LogP contribution >= 0.6 is 0 Å². The fourth-order valence-corrected chi connectivity index (χ4v) is 3.65. The van der Waals surface area contributed by atoms with Gasteiger partial charge in [-0.2, -0.15) is 13.2 Å². The fourth-order valence-electron chi connectivity index (χ4n) is 3.65. The highest BCUT2D eigenvalue weighted by atomic mass is 19.4. The molecule has 0 radical (unpaired) electrons. The van der Waals surface area contributed by atoms with E-state index in [0.29, 0.717) is 0 Å². The van der Waals surface area contributed by atoms with Gasteiger partial charge >= 0.3 is 6.18 Å². The van der Waals surface area contributed by atoms with Gasteiger partial charge in [-0.05, 0) is 30.4 Å². The Morgan fingerprint density at radius 1 is 0.960 bits per heavy atom. The first kappa shape index (κ1) is 18.0. The second-order valence-electron chi connectivity index (χ2n) is 6.66. The van der Waals surface area contributed by atoms with E-state index in [2.05, 4.69) is 0 Å². The molecule has 2 aromatic rings. The first-order valence-electron chi connectivity index (χ1n) is 8.36. The maximum atomic E-state index is 14.0. The molecule has 0 bridgehead atoms. The Hall–Kier alpha value is -1.85. The summed E-state index contributed by atoms with van der Waals surface area (Å²) in [5, 5.41) is 10.2. The van der Waals surface area contributed by atoms with Crippen molar-refractivity contribution < 1.29 is 23.0 Å². The van der Waals surface area contributed by atoms with E-state index in [-0.39, 0.29) is 31.4 Å². The summed E-state index contributed by atoms with van der Waals surface area (Å²) in [5.74, 6) is 0. The van der Waals surface area contributed by atoms with Gasteiger partial charge in [0.05, 0.1) is 24.2 Å². The minimum atomic E-state index is -4.45. The minimum Gasteiger partial charge on any atom is -0.393 e. The fraction of sp³-hybridized carbons (Fsp3) is 0.400. The quantitative estimate of drug-likeness (QED) is 0.872. The van der Waals surface area contributed by atoms with Crippen LogP contribution in [-0.2, 0) is 16.8 Å². The van der Waals surface area contributed by atoms with Gasteiger partial charge in [-0.3, -0.25) is 0 Å². The van der Waals surface area contributed by atoms with E-state index in [4.69, 9.17) is 4.74 Å². The Kier molecular flexibility index (Phi) is 5.16. The smallest absolute Gasteiger partial charge is 0.393 e. The monoisotopic (exact) mass is 350 g/mol. The van der Waals surface area contributed by atoms with E-state index >= 15 is 0 Å². The van der Waals surface area contributed by atoms with Crippen LogP contribution in [0.5, 0.6) is 0 Å². The van der Waals surface area contributed by atoms with Crippen molar-refractivity contribution in [1.29, 1.82) is 0 Å². The van der Waals surface area contributed by atoms with Crippen molar-refractivity contribution in [3.05, 3.63) is 71.8 Å². The highest BCUT2D eigenvalue weighted by Crippen LogP contribution is 2.51. The summed E-state index contributed by atoms with van der Waals surface area (Å²) >= 11 is 0. The third kappa shape index (κ3) is 3.88. The van der Waals surface area contributed by atoms with Crippen LogP contribution in [0.4, 0.5) is 13.2 Å². The van der Waals surface area contributed by atoms with Gasteiger partial charge in [0.15, 0.2) is 0 Å². The zero-order valence-corrected chi connectivity index (χ0v) is 13.7. The molecule has 2 aromatic carbocycles. The van der Waals surface area contributed by atoms with Crippen molar-refractivity contribution in [3.63, 3.8) is 0 Å². The molecule has 1 aliphatic rings. The Labute approximate surface area is 145 Å². The van der Waals surface area contributed by atoms with Gasteiger partial charge < -0.3 is 9.84 Å². The lowest BCUT2D eigenvalue weighted by atomic mass is 9.67. The topological polar surface area (TPSA) is 29.5 Å². The number of halogens is 3. The van der Waals surface area contributed by atoms with E-state index in [1.54, 1.807) is 18.2 Å². The summed E-state index contributed by atoms with van der Waals surface area (Å²) in [7, 11) is 0. The van der Waals surface area contributed by atoms with Gasteiger partial charge in [0.1, 0.15) is 0 Å². The summed E-state index contributed by atoms with van der Waals surface area (Å²) in [4.78, 5) is 0. The van der Waals surface area contributed by atoms with Crippen molar-refractivity contribution in [1.82, 2.24) is 0 Å². The first-order chi connectivity index (χ1) is 11.9. The van der Waals surface area contributed by atoms with Crippen molar-refractivity contribution >= 4 is 0 Å². The molecule has 0 saturated heterocycles. The molecule has 1 saturated carbocycles. The van der Waals surface area contributed by atoms with Crippen molar-refractivity contribution in [2.75, 3.05) is 0 Å². The molecule has 1 aliphatic carbocycles. The van der Waals surface area contributed by atoms with Gasteiger partial charge in [-0.25, -0.2) is 0 Å². The van der Waals surface area contributed by atoms with E-state index in [1.807, 2.05) is 30.3 Å². The number of alkyl halides is 3. The number of hydrogen-bond donors (Lipinski definition) is 1. The third-order valence-corrected chi connectivity index (χ3v) is 4.89. The zero-order chi connectivity index (χ0) is 17.9. The molecular weight excluding hydrogens is 329 g/mol. The molecule has 5 heteroatoms. The highest BCUT2D eigenvalue weighted by molar-refractivity contribution is 5.29. The van der Waals surface area contributed by atoms with Gasteiger partial charge in [-0.1, -0.05) is 60.7 Å². The van der Waals surface area contributed by atoms with E-state index in [1.165, 1.54) is 12.1 Å². The summed E-state index contributed by atoms with van der Waals surface area (Å²) in [6.45, 7) is 0.237. The van der Waals surface area contributed by atoms with Gasteiger partial charge in [-0.15, -0.1) is 0 Å². The summed E-state index contributed by atoms with van der Waals surface area (Å²) < 4.78 is 47.8. The van der Waals surface area contributed by atoms with Crippen LogP contribution in [0.15, 0.2) is 60.7 Å². The SMILES string of the molecule is O[C@H]1C[C@H](OCc2ccccc2)C[C@](c2ccccc2)(C(F)(F)F)C1. The van der Waals surface area contributed by atoms with Crippen molar-refractivity contribution in [3.8, 4) is 0 Å². The van der Waals surface area contributed by atoms with Crippen molar-refractivity contribution in [2.24, 2.45) is 0 Å². The maximum absolute atomic E-state index is 14.0. The number of rotatable bonds is 4. The van der Waals surface area contributed by atoms with Crippen LogP contribution in [0.25, 0.3) is 0 Å². The lowest BCUT2D eigenvalue weighted by molar-refractivity contribution is -0.221. The van der Waals surface area contributed by atoms with Crippen molar-refractivity contribution in [2.45, 2.75) is 49.7 Å². The standard InChI is InChI=1S/C20H21F3O2/c21-20(22,23)19(16-9-5-2-6-10-16)12-17(24)11-18(13-19)25-14-15-7-3-1-4-8-15/h1-10,17-18,24H,11-14H2/t17-,18-,19+/m0/s1. The average molecular weight is 350 g/mol. The van der Waals surface area contributed by atoms with Crippen LogP contribution in [0.2, 0.25) is 0 Å². The van der Waals surface area contributed by atoms with E-state index in [0.717, 1.165) is 5.56 Å². The molecule has 3 atom stereocenters. The van der Waals surface area contributed by atoms with Crippen LogP contribution in [0.3, 0.4) is 0 Å². The molecule has 1 fully saturated rings. The first-order valence-corrected chi connectivity index (χ1v) is 8.36. The number of aliphatic hydroxyl groups excluding tert-OH is 1. The zero-order valence-electron chi connectivity index (χ0n) is 13.7. The molecule has 3 rings (SSSR count). The van der Waals surface area contributed by atoms with E-state index < -0.39 is 23.8 Å². The molecule has 0 heterocycles. The highest BCUT2D eigenvalue weighted by Gasteiger charge is 2.59. The lowest BCUT2D eigenvalue weighted by Gasteiger charge is -2.44. The molecule has 2 nitrogen and oxygen atoms in total. The number of ether oxygens (including phenoxy) is 1. The van der Waals surface area contributed by atoms with E-state index in [9.17, 15) is 18.3 Å². The van der Waals surface area contributed by atoms with Gasteiger partial charge in [0.25, 0.3) is 0 Å². The van der Waals surface area contributed by atoms with Crippen LogP contribution in [0, 0.1) is 0 Å². The second kappa shape index (κ2) is 7.18. The van der Waals surface area contributed by atoms with Crippen LogP contribution < -0.4 is 0 Å². The van der Waals surface area contributed by atoms with Crippen LogP contribution in [0.1, 0.15) is 30.4 Å². The Morgan fingerprint density at radius 2 is 1.56 bits per heavy atom. The molecule has 0 amide bonds. The summed E-state index contributed by atoms with van der Waals surface area (Å²) in [6.07, 6.45) is -6.43. The second-order valence-corrected chi connectivity index (χ2v) is 6.66. The molecular formula is C20H21F3O2. The number of aliphatic hydroxyl groups is 1. The predicted molar refractivity (Wildman–Crippen MR) is 89.1 cm³/mol.